The number of hydrogen-bond acceptors (Lipinski definition) is 3. The molecule has 0 aromatic heterocycles. The van der Waals surface area contributed by atoms with Gasteiger partial charge in [0.15, 0.2) is 5.11 Å². The molecule has 0 aliphatic rings. The van der Waals surface area contributed by atoms with Gasteiger partial charge in [-0.2, -0.15) is 0 Å². The van der Waals surface area contributed by atoms with E-state index >= 15 is 0 Å². The Hall–Kier alpha value is -2.60. The van der Waals surface area contributed by atoms with Gasteiger partial charge in [-0.3, -0.25) is 4.79 Å². The van der Waals surface area contributed by atoms with Gasteiger partial charge in [-0.05, 0) is 48.6 Å². The maximum atomic E-state index is 12.1. The summed E-state index contributed by atoms with van der Waals surface area (Å²) in [5.74, 6) is 0.480. The van der Waals surface area contributed by atoms with Crippen molar-refractivity contribution in [1.29, 1.82) is 0 Å². The number of ether oxygens (including phenoxy) is 1. The van der Waals surface area contributed by atoms with Gasteiger partial charge in [-0.1, -0.05) is 6.07 Å². The molecular weight excluding hydrogens is 286 g/mol. The molecule has 2 aromatic rings. The van der Waals surface area contributed by atoms with Gasteiger partial charge in [-0.15, -0.1) is 0 Å². The van der Waals surface area contributed by atoms with Crippen molar-refractivity contribution in [2.45, 2.75) is 0 Å². The van der Waals surface area contributed by atoms with Crippen molar-refractivity contribution in [2.24, 2.45) is 5.73 Å². The molecule has 0 saturated carbocycles. The maximum Gasteiger partial charge on any atom is 0.255 e. The van der Waals surface area contributed by atoms with Crippen molar-refractivity contribution < 1.29 is 9.53 Å². The molecule has 0 unspecified atom stereocenters. The minimum atomic E-state index is -0.204. The fraction of sp³-hybridized carbons (Fsp3) is 0.0667. The second kappa shape index (κ2) is 6.71. The Morgan fingerprint density at radius 3 is 2.43 bits per heavy atom. The predicted molar refractivity (Wildman–Crippen MR) is 87.8 cm³/mol. The Morgan fingerprint density at radius 2 is 1.81 bits per heavy atom. The van der Waals surface area contributed by atoms with Gasteiger partial charge in [-0.25, -0.2) is 0 Å². The van der Waals surface area contributed by atoms with E-state index in [4.69, 9.17) is 22.7 Å². The molecule has 0 fully saturated rings. The third-order valence-electron chi connectivity index (χ3n) is 2.74. The predicted octanol–water partition coefficient (Wildman–Crippen LogP) is 2.60. The van der Waals surface area contributed by atoms with E-state index in [1.54, 1.807) is 43.5 Å². The molecule has 6 heteroatoms. The fourth-order valence-electron chi connectivity index (χ4n) is 1.75. The average molecular weight is 301 g/mol. The molecule has 0 heterocycles. The van der Waals surface area contributed by atoms with Crippen LogP contribution in [0.5, 0.6) is 5.75 Å². The summed E-state index contributed by atoms with van der Waals surface area (Å²) in [6.07, 6.45) is 0. The molecule has 0 bridgehead atoms. The number of amides is 1. The van der Waals surface area contributed by atoms with E-state index in [0.717, 1.165) is 5.69 Å². The first-order chi connectivity index (χ1) is 10.1. The summed E-state index contributed by atoms with van der Waals surface area (Å²) in [5.41, 5.74) is 7.32. The molecule has 2 aromatic carbocycles. The molecule has 0 aliphatic heterocycles. The number of nitrogens with two attached hydrogens (primary N) is 1. The molecule has 2 rings (SSSR count). The van der Waals surface area contributed by atoms with Crippen molar-refractivity contribution in [2.75, 3.05) is 17.7 Å². The van der Waals surface area contributed by atoms with Crippen LogP contribution in [0.1, 0.15) is 10.4 Å². The lowest BCUT2D eigenvalue weighted by Gasteiger charge is -2.08. The quantitative estimate of drug-likeness (QED) is 0.757. The van der Waals surface area contributed by atoms with Gasteiger partial charge in [0.2, 0.25) is 0 Å². The lowest BCUT2D eigenvalue weighted by atomic mass is 10.2. The Bertz CT molecular complexity index is 656. The summed E-state index contributed by atoms with van der Waals surface area (Å²) < 4.78 is 5.11. The largest absolute Gasteiger partial charge is 0.497 e. The number of benzene rings is 2. The monoisotopic (exact) mass is 301 g/mol. The van der Waals surface area contributed by atoms with Gasteiger partial charge in [0, 0.05) is 23.0 Å². The standard InChI is InChI=1S/C15H15N3O2S/c1-20-13-4-2-3-12(9-13)17-14(19)10-5-7-11(8-6-10)18-15(16)21/h2-9H,1H3,(H,17,19)(H3,16,18,21). The normalized spacial score (nSPS) is 9.76. The minimum absolute atomic E-state index is 0.184. The summed E-state index contributed by atoms with van der Waals surface area (Å²) in [7, 11) is 1.58. The second-order valence-corrected chi connectivity index (χ2v) is 4.69. The van der Waals surface area contributed by atoms with Gasteiger partial charge in [0.1, 0.15) is 5.75 Å². The SMILES string of the molecule is COc1cccc(NC(=O)c2ccc(NC(N)=S)cc2)c1. The molecule has 0 aliphatic carbocycles. The van der Waals surface area contributed by atoms with Crippen LogP contribution in [0.3, 0.4) is 0 Å². The van der Waals surface area contributed by atoms with E-state index in [1.165, 1.54) is 0 Å². The first-order valence-electron chi connectivity index (χ1n) is 6.20. The molecule has 1 amide bonds. The van der Waals surface area contributed by atoms with Crippen LogP contribution in [0, 0.1) is 0 Å². The van der Waals surface area contributed by atoms with E-state index in [1.807, 2.05) is 12.1 Å². The summed E-state index contributed by atoms with van der Waals surface area (Å²) in [5, 5.41) is 5.78. The van der Waals surface area contributed by atoms with E-state index < -0.39 is 0 Å². The maximum absolute atomic E-state index is 12.1. The van der Waals surface area contributed by atoms with Crippen molar-refractivity contribution in [1.82, 2.24) is 0 Å². The Morgan fingerprint density at radius 1 is 1.10 bits per heavy atom. The zero-order valence-corrected chi connectivity index (χ0v) is 12.2. The van der Waals surface area contributed by atoms with Crippen LogP contribution in [0.15, 0.2) is 48.5 Å². The van der Waals surface area contributed by atoms with Crippen LogP contribution in [0.2, 0.25) is 0 Å². The zero-order valence-electron chi connectivity index (χ0n) is 11.4. The number of rotatable bonds is 4. The minimum Gasteiger partial charge on any atom is -0.497 e. The third-order valence-corrected chi connectivity index (χ3v) is 2.84. The highest BCUT2D eigenvalue weighted by Crippen LogP contribution is 2.18. The first kappa shape index (κ1) is 14.8. The van der Waals surface area contributed by atoms with Gasteiger partial charge < -0.3 is 21.1 Å². The van der Waals surface area contributed by atoms with Crippen molar-refractivity contribution in [3.8, 4) is 5.75 Å². The van der Waals surface area contributed by atoms with Crippen LogP contribution in [0.25, 0.3) is 0 Å². The van der Waals surface area contributed by atoms with Crippen molar-refractivity contribution in [3.63, 3.8) is 0 Å². The highest BCUT2D eigenvalue weighted by Gasteiger charge is 2.06. The fourth-order valence-corrected chi connectivity index (χ4v) is 1.87. The average Bonchev–Trinajstić information content (AvgIpc) is 2.47. The molecule has 0 saturated heterocycles. The molecular formula is C15H15N3O2S. The van der Waals surface area contributed by atoms with Gasteiger partial charge in [0.25, 0.3) is 5.91 Å². The van der Waals surface area contributed by atoms with Crippen molar-refractivity contribution in [3.05, 3.63) is 54.1 Å². The highest BCUT2D eigenvalue weighted by atomic mass is 32.1. The van der Waals surface area contributed by atoms with E-state index in [0.29, 0.717) is 17.0 Å². The smallest absolute Gasteiger partial charge is 0.255 e. The molecule has 108 valence electrons. The number of carbonyl (C=O) groups is 1. The van der Waals surface area contributed by atoms with Gasteiger partial charge in [0.05, 0.1) is 7.11 Å². The van der Waals surface area contributed by atoms with Crippen LogP contribution in [-0.4, -0.2) is 18.1 Å². The molecule has 21 heavy (non-hydrogen) atoms. The zero-order chi connectivity index (χ0) is 15.2. The summed E-state index contributed by atoms with van der Waals surface area (Å²) >= 11 is 4.75. The molecule has 0 atom stereocenters. The van der Waals surface area contributed by atoms with Crippen molar-refractivity contribution >= 4 is 34.6 Å². The summed E-state index contributed by atoms with van der Waals surface area (Å²) in [4.78, 5) is 12.1. The first-order valence-corrected chi connectivity index (χ1v) is 6.61. The van der Waals surface area contributed by atoms with Crippen LogP contribution < -0.4 is 21.1 Å². The lowest BCUT2D eigenvalue weighted by molar-refractivity contribution is 0.102. The molecule has 4 N–H and O–H groups in total. The number of thiocarbonyl (C=S) groups is 1. The molecule has 5 nitrogen and oxygen atoms in total. The number of nitrogens with one attached hydrogen (secondary N) is 2. The Balaban J connectivity index is 2.07. The molecule has 0 spiro atoms. The van der Waals surface area contributed by atoms with Crippen LogP contribution in [0.4, 0.5) is 11.4 Å². The van der Waals surface area contributed by atoms with E-state index in [2.05, 4.69) is 10.6 Å². The van der Waals surface area contributed by atoms with E-state index in [-0.39, 0.29) is 11.0 Å². The third kappa shape index (κ3) is 4.19. The summed E-state index contributed by atoms with van der Waals surface area (Å²) in [6, 6.07) is 14.0. The Kier molecular flexibility index (Phi) is 4.73. The van der Waals surface area contributed by atoms with Crippen LogP contribution >= 0.6 is 12.2 Å². The topological polar surface area (TPSA) is 76.4 Å². The lowest BCUT2D eigenvalue weighted by Crippen LogP contribution is -2.19. The van der Waals surface area contributed by atoms with Gasteiger partial charge >= 0.3 is 0 Å². The highest BCUT2D eigenvalue weighted by molar-refractivity contribution is 7.80. The number of hydrogen-bond donors (Lipinski definition) is 3. The second-order valence-electron chi connectivity index (χ2n) is 4.25. The number of anilines is 2. The van der Waals surface area contributed by atoms with Crippen LogP contribution in [-0.2, 0) is 0 Å². The summed E-state index contributed by atoms with van der Waals surface area (Å²) in [6.45, 7) is 0. The number of methoxy groups -OCH3 is 1. The molecule has 0 radical (unpaired) electrons. The number of carbonyl (C=O) groups excluding carboxylic acids is 1. The Labute approximate surface area is 128 Å². The van der Waals surface area contributed by atoms with E-state index in [9.17, 15) is 4.79 Å².